The van der Waals surface area contributed by atoms with E-state index >= 15 is 0 Å². The van der Waals surface area contributed by atoms with Gasteiger partial charge in [-0.15, -0.1) is 0 Å². The van der Waals surface area contributed by atoms with Crippen molar-refractivity contribution in [1.29, 1.82) is 0 Å². The summed E-state index contributed by atoms with van der Waals surface area (Å²) in [4.78, 5) is 6.10. The fraction of sp³-hybridized carbons (Fsp3) is 0.310. The lowest BCUT2D eigenvalue weighted by Crippen LogP contribution is -2.39. The molecule has 2 aliphatic rings. The molecule has 0 aliphatic carbocycles. The lowest BCUT2D eigenvalue weighted by atomic mass is 9.85. The lowest BCUT2D eigenvalue weighted by Gasteiger charge is -2.40. The minimum atomic E-state index is -4.35. The van der Waals surface area contributed by atoms with Gasteiger partial charge in [-0.2, -0.15) is 13.2 Å². The van der Waals surface area contributed by atoms with E-state index < -0.39 is 11.7 Å². The number of methoxy groups -OCH3 is 2. The number of alkyl halides is 3. The summed E-state index contributed by atoms with van der Waals surface area (Å²) in [5, 5.41) is 1.20. The lowest BCUT2D eigenvalue weighted by molar-refractivity contribution is -0.137. The van der Waals surface area contributed by atoms with Crippen molar-refractivity contribution in [3.8, 4) is 17.2 Å². The minimum Gasteiger partial charge on any atom is -0.497 e. The molecule has 0 radical (unpaired) electrons. The summed E-state index contributed by atoms with van der Waals surface area (Å²) in [6.07, 6.45) is -2.59. The van der Waals surface area contributed by atoms with E-state index in [0.717, 1.165) is 49.3 Å². The SMILES string of the molecule is COc1ccc2[nH]c3c(c2c1)CC1c2cc(OC)c(OCc4ccc(C(F)(F)F)cc4)cc2CCN1C3. The summed E-state index contributed by atoms with van der Waals surface area (Å²) >= 11 is 0. The quantitative estimate of drug-likeness (QED) is 0.337. The van der Waals surface area contributed by atoms with Gasteiger partial charge < -0.3 is 19.2 Å². The van der Waals surface area contributed by atoms with Crippen molar-refractivity contribution in [2.24, 2.45) is 0 Å². The molecule has 0 amide bonds. The summed E-state index contributed by atoms with van der Waals surface area (Å²) in [6, 6.07) is 15.5. The molecule has 192 valence electrons. The monoisotopic (exact) mass is 508 g/mol. The number of aromatic amines is 1. The molecular formula is C29H27F3N2O3. The van der Waals surface area contributed by atoms with Gasteiger partial charge in [0.25, 0.3) is 0 Å². The van der Waals surface area contributed by atoms with Crippen LogP contribution in [-0.4, -0.2) is 30.6 Å². The molecule has 4 aromatic rings. The topological polar surface area (TPSA) is 46.7 Å². The van der Waals surface area contributed by atoms with Crippen molar-refractivity contribution < 1.29 is 27.4 Å². The van der Waals surface area contributed by atoms with Crippen LogP contribution < -0.4 is 14.2 Å². The van der Waals surface area contributed by atoms with Crippen LogP contribution in [0.1, 0.15) is 39.6 Å². The van der Waals surface area contributed by atoms with Gasteiger partial charge >= 0.3 is 6.18 Å². The van der Waals surface area contributed by atoms with Gasteiger partial charge in [0.15, 0.2) is 11.5 Å². The zero-order valence-electron chi connectivity index (χ0n) is 20.6. The molecule has 8 heteroatoms. The Morgan fingerprint density at radius 1 is 0.973 bits per heavy atom. The maximum absolute atomic E-state index is 12.9. The van der Waals surface area contributed by atoms with Crippen molar-refractivity contribution in [3.63, 3.8) is 0 Å². The number of aromatic nitrogens is 1. The molecule has 1 atom stereocenters. The smallest absolute Gasteiger partial charge is 0.416 e. The fourth-order valence-corrected chi connectivity index (χ4v) is 5.59. The number of benzene rings is 3. The first-order valence-corrected chi connectivity index (χ1v) is 12.3. The van der Waals surface area contributed by atoms with Crippen LogP contribution in [0.4, 0.5) is 13.2 Å². The highest BCUT2D eigenvalue weighted by molar-refractivity contribution is 5.86. The van der Waals surface area contributed by atoms with E-state index in [-0.39, 0.29) is 12.6 Å². The van der Waals surface area contributed by atoms with Crippen LogP contribution in [0.3, 0.4) is 0 Å². The highest BCUT2D eigenvalue weighted by atomic mass is 19.4. The average molecular weight is 509 g/mol. The first kappa shape index (κ1) is 23.7. The molecule has 1 aromatic heterocycles. The Kier molecular flexibility index (Phi) is 5.79. The number of H-pyrrole nitrogens is 1. The Morgan fingerprint density at radius 3 is 2.51 bits per heavy atom. The average Bonchev–Trinajstić information content (AvgIpc) is 3.26. The zero-order chi connectivity index (χ0) is 25.7. The largest absolute Gasteiger partial charge is 0.497 e. The van der Waals surface area contributed by atoms with Crippen molar-refractivity contribution in [2.45, 2.75) is 38.2 Å². The molecule has 0 spiro atoms. The number of halogens is 3. The predicted octanol–water partition coefficient (Wildman–Crippen LogP) is 6.44. The third-order valence-electron chi connectivity index (χ3n) is 7.53. The van der Waals surface area contributed by atoms with Crippen LogP contribution in [0.25, 0.3) is 10.9 Å². The van der Waals surface area contributed by atoms with Crippen molar-refractivity contribution in [3.05, 3.63) is 88.1 Å². The molecule has 1 N–H and O–H groups in total. The van der Waals surface area contributed by atoms with Gasteiger partial charge in [-0.3, -0.25) is 4.90 Å². The van der Waals surface area contributed by atoms with E-state index in [0.29, 0.717) is 17.1 Å². The predicted molar refractivity (Wildman–Crippen MR) is 134 cm³/mol. The van der Waals surface area contributed by atoms with Gasteiger partial charge in [0.2, 0.25) is 0 Å². The third kappa shape index (κ3) is 4.29. The molecule has 6 rings (SSSR count). The molecule has 2 aliphatic heterocycles. The Balaban J connectivity index is 1.27. The molecule has 3 aromatic carbocycles. The summed E-state index contributed by atoms with van der Waals surface area (Å²) in [7, 11) is 3.29. The Bertz CT molecular complexity index is 1460. The Morgan fingerprint density at radius 2 is 1.78 bits per heavy atom. The number of hydrogen-bond acceptors (Lipinski definition) is 4. The second-order valence-electron chi connectivity index (χ2n) is 9.62. The van der Waals surface area contributed by atoms with E-state index in [4.69, 9.17) is 14.2 Å². The van der Waals surface area contributed by atoms with Gasteiger partial charge in [-0.25, -0.2) is 0 Å². The van der Waals surface area contributed by atoms with Crippen LogP contribution in [0.5, 0.6) is 17.2 Å². The number of rotatable bonds is 5. The number of hydrogen-bond donors (Lipinski definition) is 1. The standard InChI is InChI=1S/C29H27F3N2O3/c1-35-20-7-8-24-22(12-20)23-13-26-21-14-27(36-2)28(11-18(21)9-10-34(26)15-25(23)33-24)37-16-17-3-5-19(6-4-17)29(30,31)32/h3-8,11-12,14,26,33H,9-10,13,15-16H2,1-2H3. The van der Waals surface area contributed by atoms with Crippen LogP contribution in [0, 0.1) is 0 Å². The number of nitrogens with zero attached hydrogens (tertiary/aromatic N) is 1. The Hall–Kier alpha value is -3.65. The fourth-order valence-electron chi connectivity index (χ4n) is 5.59. The van der Waals surface area contributed by atoms with Gasteiger partial charge in [-0.1, -0.05) is 12.1 Å². The van der Waals surface area contributed by atoms with E-state index in [1.54, 1.807) is 14.2 Å². The summed E-state index contributed by atoms with van der Waals surface area (Å²) in [5.74, 6) is 2.07. The normalized spacial score (nSPS) is 17.2. The second-order valence-corrected chi connectivity index (χ2v) is 9.62. The van der Waals surface area contributed by atoms with Crippen LogP contribution in [0.2, 0.25) is 0 Å². The highest BCUT2D eigenvalue weighted by Crippen LogP contribution is 2.44. The molecule has 0 fully saturated rings. The zero-order valence-corrected chi connectivity index (χ0v) is 20.6. The van der Waals surface area contributed by atoms with Crippen molar-refractivity contribution in [1.82, 2.24) is 9.88 Å². The van der Waals surface area contributed by atoms with E-state index in [1.807, 2.05) is 12.1 Å². The third-order valence-corrected chi connectivity index (χ3v) is 7.53. The van der Waals surface area contributed by atoms with Gasteiger partial charge in [0.1, 0.15) is 12.4 Å². The summed E-state index contributed by atoms with van der Waals surface area (Å²) < 4.78 is 55.8. The molecule has 5 nitrogen and oxygen atoms in total. The molecule has 0 bridgehead atoms. The van der Waals surface area contributed by atoms with Crippen molar-refractivity contribution in [2.75, 3.05) is 20.8 Å². The van der Waals surface area contributed by atoms with E-state index in [2.05, 4.69) is 28.1 Å². The van der Waals surface area contributed by atoms with E-state index in [1.165, 1.54) is 39.9 Å². The first-order valence-electron chi connectivity index (χ1n) is 12.3. The van der Waals surface area contributed by atoms with E-state index in [9.17, 15) is 13.2 Å². The number of fused-ring (bicyclic) bond motifs is 6. The molecule has 0 saturated heterocycles. The summed E-state index contributed by atoms with van der Waals surface area (Å²) in [6.45, 7) is 1.94. The number of nitrogens with one attached hydrogen (secondary N) is 1. The molecular weight excluding hydrogens is 481 g/mol. The Labute approximate surface area is 212 Å². The first-order chi connectivity index (χ1) is 17.8. The van der Waals surface area contributed by atoms with Crippen LogP contribution in [-0.2, 0) is 32.2 Å². The van der Waals surface area contributed by atoms with Gasteiger partial charge in [-0.05, 0) is 77.6 Å². The molecule has 1 unspecified atom stereocenters. The van der Waals surface area contributed by atoms with Gasteiger partial charge in [0, 0.05) is 35.7 Å². The highest BCUT2D eigenvalue weighted by Gasteiger charge is 2.35. The molecule has 37 heavy (non-hydrogen) atoms. The molecule has 3 heterocycles. The second kappa shape index (κ2) is 9.03. The molecule has 0 saturated carbocycles. The number of ether oxygens (including phenoxy) is 3. The van der Waals surface area contributed by atoms with Crippen LogP contribution in [0.15, 0.2) is 54.6 Å². The van der Waals surface area contributed by atoms with Gasteiger partial charge in [0.05, 0.1) is 19.8 Å². The van der Waals surface area contributed by atoms with Crippen molar-refractivity contribution >= 4 is 10.9 Å². The minimum absolute atomic E-state index is 0.156. The maximum atomic E-state index is 12.9. The van der Waals surface area contributed by atoms with Crippen LogP contribution >= 0.6 is 0 Å². The maximum Gasteiger partial charge on any atom is 0.416 e. The summed E-state index contributed by atoms with van der Waals surface area (Å²) in [5.41, 5.74) is 6.13.